The van der Waals surface area contributed by atoms with Gasteiger partial charge in [-0.1, -0.05) is 27.2 Å². The zero-order valence-corrected chi connectivity index (χ0v) is 7.81. The molecule has 0 saturated heterocycles. The Bertz CT molecular complexity index is 116. The van der Waals surface area contributed by atoms with Gasteiger partial charge in [-0.05, 0) is 18.8 Å². The zero-order chi connectivity index (χ0) is 8.15. The van der Waals surface area contributed by atoms with Crippen LogP contribution in [-0.2, 0) is 0 Å². The lowest BCUT2D eigenvalue weighted by Gasteiger charge is -2.17. The molecule has 0 N–H and O–H groups in total. The third-order valence-electron chi connectivity index (χ3n) is 2.51. The second kappa shape index (κ2) is 4.48. The number of nitrogens with zero attached hydrogens (tertiary/aromatic N) is 1. The molecular formula is C9H19N. The first-order valence-electron chi connectivity index (χ1n) is 4.06. The van der Waals surface area contributed by atoms with Crippen molar-refractivity contribution in [3.05, 3.63) is 0 Å². The number of aliphatic imine (C=N–C) groups is 1. The van der Waals surface area contributed by atoms with Crippen molar-refractivity contribution in [1.82, 2.24) is 0 Å². The van der Waals surface area contributed by atoms with Crippen molar-refractivity contribution >= 4 is 5.71 Å². The topological polar surface area (TPSA) is 12.4 Å². The third kappa shape index (κ3) is 2.51. The lowest BCUT2D eigenvalue weighted by Crippen LogP contribution is -2.15. The molecule has 0 saturated carbocycles. The molecule has 0 aromatic heterocycles. The van der Waals surface area contributed by atoms with E-state index in [4.69, 9.17) is 0 Å². The Morgan fingerprint density at radius 1 is 1.40 bits per heavy atom. The van der Waals surface area contributed by atoms with E-state index in [-0.39, 0.29) is 0 Å². The second-order valence-corrected chi connectivity index (χ2v) is 3.04. The van der Waals surface area contributed by atoms with Crippen LogP contribution in [0.4, 0.5) is 0 Å². The van der Waals surface area contributed by atoms with Gasteiger partial charge in [-0.3, -0.25) is 4.99 Å². The molecule has 0 aromatic rings. The molecule has 2 atom stereocenters. The Hall–Kier alpha value is -0.330. The number of rotatable bonds is 3. The standard InChI is InChI=1S/C9H19N/c1-6-7(2)8(3)9(4)10-5/h7-8H,6H2,1-5H3. The Labute approximate surface area is 64.6 Å². The van der Waals surface area contributed by atoms with Gasteiger partial charge in [-0.15, -0.1) is 0 Å². The maximum absolute atomic E-state index is 4.17. The van der Waals surface area contributed by atoms with Crippen LogP contribution in [0.2, 0.25) is 0 Å². The van der Waals surface area contributed by atoms with Crippen molar-refractivity contribution in [2.45, 2.75) is 34.1 Å². The van der Waals surface area contributed by atoms with E-state index in [1.165, 1.54) is 12.1 Å². The monoisotopic (exact) mass is 141 g/mol. The minimum Gasteiger partial charge on any atom is -0.297 e. The van der Waals surface area contributed by atoms with E-state index in [0.29, 0.717) is 5.92 Å². The van der Waals surface area contributed by atoms with E-state index in [2.05, 4.69) is 32.7 Å². The summed E-state index contributed by atoms with van der Waals surface area (Å²) in [6.45, 7) is 8.86. The van der Waals surface area contributed by atoms with Crippen molar-refractivity contribution < 1.29 is 0 Å². The van der Waals surface area contributed by atoms with Crippen LogP contribution in [0.5, 0.6) is 0 Å². The lowest BCUT2D eigenvalue weighted by atomic mass is 9.90. The van der Waals surface area contributed by atoms with Gasteiger partial charge in [0.25, 0.3) is 0 Å². The summed E-state index contributed by atoms with van der Waals surface area (Å²) in [7, 11) is 1.87. The highest BCUT2D eigenvalue weighted by Gasteiger charge is 2.11. The molecule has 0 radical (unpaired) electrons. The molecule has 2 unspecified atom stereocenters. The fraction of sp³-hybridized carbons (Fsp3) is 0.889. The van der Waals surface area contributed by atoms with Crippen molar-refractivity contribution in [2.75, 3.05) is 7.05 Å². The first-order chi connectivity index (χ1) is 4.63. The van der Waals surface area contributed by atoms with Crippen molar-refractivity contribution in [1.29, 1.82) is 0 Å². The molecule has 0 rings (SSSR count). The first kappa shape index (κ1) is 9.67. The van der Waals surface area contributed by atoms with E-state index in [0.717, 1.165) is 5.92 Å². The maximum Gasteiger partial charge on any atom is 0.0276 e. The van der Waals surface area contributed by atoms with Gasteiger partial charge < -0.3 is 0 Å². The summed E-state index contributed by atoms with van der Waals surface area (Å²) in [5.41, 5.74) is 1.27. The SMILES string of the molecule is CCC(C)C(C)C(C)=NC. The summed E-state index contributed by atoms with van der Waals surface area (Å²) in [6.07, 6.45) is 1.24. The highest BCUT2D eigenvalue weighted by atomic mass is 14.7. The Morgan fingerprint density at radius 2 is 1.90 bits per heavy atom. The van der Waals surface area contributed by atoms with E-state index in [9.17, 15) is 0 Å². The quantitative estimate of drug-likeness (QED) is 0.536. The second-order valence-electron chi connectivity index (χ2n) is 3.04. The zero-order valence-electron chi connectivity index (χ0n) is 7.81. The summed E-state index contributed by atoms with van der Waals surface area (Å²) in [4.78, 5) is 4.17. The largest absolute Gasteiger partial charge is 0.297 e. The van der Waals surface area contributed by atoms with Crippen molar-refractivity contribution in [2.24, 2.45) is 16.8 Å². The molecule has 0 aliphatic carbocycles. The van der Waals surface area contributed by atoms with Gasteiger partial charge in [0.05, 0.1) is 0 Å². The summed E-state index contributed by atoms with van der Waals surface area (Å²) in [5.74, 6) is 1.42. The van der Waals surface area contributed by atoms with Crippen LogP contribution in [0.1, 0.15) is 34.1 Å². The number of hydrogen-bond donors (Lipinski definition) is 0. The maximum atomic E-state index is 4.17. The van der Waals surface area contributed by atoms with Crippen LogP contribution < -0.4 is 0 Å². The van der Waals surface area contributed by atoms with Crippen LogP contribution in [-0.4, -0.2) is 12.8 Å². The van der Waals surface area contributed by atoms with E-state index < -0.39 is 0 Å². The first-order valence-corrected chi connectivity index (χ1v) is 4.06. The van der Waals surface area contributed by atoms with Gasteiger partial charge in [0, 0.05) is 12.8 Å². The van der Waals surface area contributed by atoms with Gasteiger partial charge >= 0.3 is 0 Å². The van der Waals surface area contributed by atoms with Gasteiger partial charge in [0.2, 0.25) is 0 Å². The predicted octanol–water partition coefficient (Wildman–Crippen LogP) is 2.76. The van der Waals surface area contributed by atoms with Gasteiger partial charge in [0.15, 0.2) is 0 Å². The molecule has 10 heavy (non-hydrogen) atoms. The summed E-state index contributed by atoms with van der Waals surface area (Å²) in [6, 6.07) is 0. The van der Waals surface area contributed by atoms with Crippen molar-refractivity contribution in [3.63, 3.8) is 0 Å². The summed E-state index contributed by atoms with van der Waals surface area (Å²) >= 11 is 0. The highest BCUT2D eigenvalue weighted by molar-refractivity contribution is 5.84. The van der Waals surface area contributed by atoms with Crippen molar-refractivity contribution in [3.8, 4) is 0 Å². The Morgan fingerprint density at radius 3 is 2.20 bits per heavy atom. The molecule has 60 valence electrons. The molecule has 0 heterocycles. The lowest BCUT2D eigenvalue weighted by molar-refractivity contribution is 0.467. The van der Waals surface area contributed by atoms with Gasteiger partial charge in [-0.2, -0.15) is 0 Å². The van der Waals surface area contributed by atoms with Crippen LogP contribution >= 0.6 is 0 Å². The van der Waals surface area contributed by atoms with Gasteiger partial charge in [0.1, 0.15) is 0 Å². The molecule has 1 nitrogen and oxygen atoms in total. The van der Waals surface area contributed by atoms with Crippen LogP contribution in [0.15, 0.2) is 4.99 Å². The molecule has 0 fully saturated rings. The fourth-order valence-corrected chi connectivity index (χ4v) is 0.969. The Balaban J connectivity index is 3.94. The Kier molecular flexibility index (Phi) is 4.33. The third-order valence-corrected chi connectivity index (χ3v) is 2.51. The molecule has 0 aromatic carbocycles. The minimum absolute atomic E-state index is 0.648. The average molecular weight is 141 g/mol. The molecule has 0 bridgehead atoms. The van der Waals surface area contributed by atoms with E-state index in [1.807, 2.05) is 7.05 Å². The number of hydrogen-bond acceptors (Lipinski definition) is 1. The molecule has 0 aliphatic rings. The van der Waals surface area contributed by atoms with E-state index >= 15 is 0 Å². The minimum atomic E-state index is 0.648. The average Bonchev–Trinajstić information content (AvgIpc) is 2.00. The van der Waals surface area contributed by atoms with E-state index in [1.54, 1.807) is 0 Å². The van der Waals surface area contributed by atoms with Crippen LogP contribution in [0.25, 0.3) is 0 Å². The molecule has 0 spiro atoms. The summed E-state index contributed by atoms with van der Waals surface area (Å²) < 4.78 is 0. The van der Waals surface area contributed by atoms with Crippen LogP contribution in [0, 0.1) is 11.8 Å². The predicted molar refractivity (Wildman–Crippen MR) is 47.7 cm³/mol. The molecular weight excluding hydrogens is 122 g/mol. The van der Waals surface area contributed by atoms with Crippen LogP contribution in [0.3, 0.4) is 0 Å². The fourth-order valence-electron chi connectivity index (χ4n) is 0.969. The normalized spacial score (nSPS) is 18.7. The highest BCUT2D eigenvalue weighted by Crippen LogP contribution is 2.15. The molecule has 0 amide bonds. The van der Waals surface area contributed by atoms with Gasteiger partial charge in [-0.25, -0.2) is 0 Å². The summed E-state index contributed by atoms with van der Waals surface area (Å²) in [5, 5.41) is 0. The molecule has 1 heteroatoms. The smallest absolute Gasteiger partial charge is 0.0276 e. The molecule has 0 aliphatic heterocycles.